The van der Waals surface area contributed by atoms with Crippen molar-refractivity contribution in [1.82, 2.24) is 14.8 Å². The van der Waals surface area contributed by atoms with Gasteiger partial charge in [-0.2, -0.15) is 0 Å². The van der Waals surface area contributed by atoms with Gasteiger partial charge in [-0.25, -0.2) is 0 Å². The molecular weight excluding hydrogens is 422 g/mol. The molecule has 2 aromatic heterocycles. The van der Waals surface area contributed by atoms with Crippen molar-refractivity contribution in [2.75, 3.05) is 17.7 Å². The third kappa shape index (κ3) is 4.72. The monoisotopic (exact) mass is 443 g/mol. The maximum Gasteiger partial charge on any atom is 0.250 e. The molecule has 0 spiro atoms. The number of nitrogens with one attached hydrogen (secondary N) is 1. The Morgan fingerprint density at radius 2 is 2.13 bits per heavy atom. The van der Waals surface area contributed by atoms with E-state index in [0.29, 0.717) is 17.4 Å². The van der Waals surface area contributed by atoms with Gasteiger partial charge in [0.2, 0.25) is 5.91 Å². The van der Waals surface area contributed by atoms with E-state index >= 15 is 0 Å². The topological polar surface area (TPSA) is 112 Å². The van der Waals surface area contributed by atoms with Gasteiger partial charge in [0, 0.05) is 6.61 Å². The Hall–Kier alpha value is -2.69. The Morgan fingerprint density at radius 3 is 2.87 bits per heavy atom. The smallest absolute Gasteiger partial charge is 0.250 e. The van der Waals surface area contributed by atoms with Gasteiger partial charge < -0.3 is 15.8 Å². The van der Waals surface area contributed by atoms with E-state index in [-0.39, 0.29) is 23.3 Å². The molecule has 1 aliphatic heterocycles. The molecule has 10 heteroatoms. The van der Waals surface area contributed by atoms with Crippen molar-refractivity contribution in [3.05, 3.63) is 47.3 Å². The maximum atomic E-state index is 12.5. The minimum atomic E-state index is -0.588. The summed E-state index contributed by atoms with van der Waals surface area (Å²) in [6.45, 7) is 1.42. The number of thiophene rings is 1. The van der Waals surface area contributed by atoms with Crippen LogP contribution in [0.25, 0.3) is 10.7 Å². The van der Waals surface area contributed by atoms with E-state index in [1.165, 1.54) is 11.8 Å². The lowest BCUT2D eigenvalue weighted by Crippen LogP contribution is -2.20. The van der Waals surface area contributed by atoms with Crippen LogP contribution >= 0.6 is 23.1 Å². The molecule has 3 aromatic rings. The van der Waals surface area contributed by atoms with Gasteiger partial charge in [0.15, 0.2) is 11.0 Å². The summed E-state index contributed by atoms with van der Waals surface area (Å²) in [7, 11) is 0. The summed E-state index contributed by atoms with van der Waals surface area (Å²) >= 11 is 2.90. The second kappa shape index (κ2) is 9.41. The highest BCUT2D eigenvalue weighted by atomic mass is 32.2. The zero-order chi connectivity index (χ0) is 20.9. The minimum absolute atomic E-state index is 0.121. The average Bonchev–Trinajstić information content (AvgIpc) is 3.49. The third-order valence-electron chi connectivity index (χ3n) is 4.67. The summed E-state index contributed by atoms with van der Waals surface area (Å²) in [5.74, 6) is 0.0669. The summed E-state index contributed by atoms with van der Waals surface area (Å²) in [6, 6.07) is 10.6. The van der Waals surface area contributed by atoms with Crippen LogP contribution in [0.1, 0.15) is 23.2 Å². The number of thioether (sulfide) groups is 1. The molecule has 1 fully saturated rings. The van der Waals surface area contributed by atoms with Crippen LogP contribution in [-0.4, -0.2) is 45.0 Å². The Labute approximate surface area is 181 Å². The fourth-order valence-electron chi connectivity index (χ4n) is 3.26. The third-order valence-corrected chi connectivity index (χ3v) is 6.50. The van der Waals surface area contributed by atoms with Crippen LogP contribution in [0.4, 0.5) is 5.69 Å². The molecule has 4 rings (SSSR count). The van der Waals surface area contributed by atoms with Crippen LogP contribution in [0.3, 0.4) is 0 Å². The molecule has 0 radical (unpaired) electrons. The predicted molar refractivity (Wildman–Crippen MR) is 117 cm³/mol. The Balaban J connectivity index is 1.47. The second-order valence-electron chi connectivity index (χ2n) is 6.78. The van der Waals surface area contributed by atoms with Crippen molar-refractivity contribution in [2.45, 2.75) is 30.6 Å². The van der Waals surface area contributed by atoms with Gasteiger partial charge in [0.25, 0.3) is 5.91 Å². The first kappa shape index (κ1) is 20.6. The number of amides is 2. The van der Waals surface area contributed by atoms with Gasteiger partial charge in [0.1, 0.15) is 0 Å². The van der Waals surface area contributed by atoms with E-state index in [1.54, 1.807) is 35.6 Å². The standard InChI is InChI=1S/C20H21N5O3S2/c21-18(27)14-6-1-2-7-15(14)22-17(26)12-30-20-24-23-19(16-8-4-10-29-16)25(20)11-13-5-3-9-28-13/h1-2,4,6-8,10,13H,3,5,9,11-12H2,(H2,21,27)(H,22,26). The van der Waals surface area contributed by atoms with E-state index in [9.17, 15) is 9.59 Å². The average molecular weight is 444 g/mol. The molecule has 3 heterocycles. The van der Waals surface area contributed by atoms with Crippen LogP contribution in [0.15, 0.2) is 46.9 Å². The van der Waals surface area contributed by atoms with Crippen LogP contribution in [0, 0.1) is 0 Å². The molecule has 1 atom stereocenters. The molecule has 156 valence electrons. The van der Waals surface area contributed by atoms with Crippen molar-refractivity contribution >= 4 is 40.6 Å². The van der Waals surface area contributed by atoms with Gasteiger partial charge in [-0.15, -0.1) is 21.5 Å². The van der Waals surface area contributed by atoms with E-state index in [1.807, 2.05) is 22.1 Å². The number of carbonyl (C=O) groups excluding carboxylic acids is 2. The molecular formula is C20H21N5O3S2. The number of nitrogens with two attached hydrogens (primary N) is 1. The molecule has 30 heavy (non-hydrogen) atoms. The van der Waals surface area contributed by atoms with Crippen molar-refractivity contribution in [2.24, 2.45) is 5.73 Å². The number of hydrogen-bond acceptors (Lipinski definition) is 7. The fraction of sp³-hybridized carbons (Fsp3) is 0.300. The number of para-hydroxylation sites is 1. The summed E-state index contributed by atoms with van der Waals surface area (Å²) < 4.78 is 7.81. The molecule has 0 saturated carbocycles. The van der Waals surface area contributed by atoms with E-state index < -0.39 is 5.91 Å². The normalized spacial score (nSPS) is 15.9. The van der Waals surface area contributed by atoms with E-state index in [4.69, 9.17) is 10.5 Å². The summed E-state index contributed by atoms with van der Waals surface area (Å²) in [5.41, 5.74) is 6.05. The Kier molecular flexibility index (Phi) is 6.46. The van der Waals surface area contributed by atoms with E-state index in [0.717, 1.165) is 30.2 Å². The van der Waals surface area contributed by atoms with Crippen molar-refractivity contribution < 1.29 is 14.3 Å². The van der Waals surface area contributed by atoms with Crippen molar-refractivity contribution in [1.29, 1.82) is 0 Å². The fourth-order valence-corrected chi connectivity index (χ4v) is 4.73. The first-order chi connectivity index (χ1) is 14.6. The number of primary amides is 1. The van der Waals surface area contributed by atoms with Crippen LogP contribution in [0.5, 0.6) is 0 Å². The maximum absolute atomic E-state index is 12.5. The summed E-state index contributed by atoms with van der Waals surface area (Å²) in [4.78, 5) is 25.0. The zero-order valence-electron chi connectivity index (χ0n) is 16.1. The first-order valence-electron chi connectivity index (χ1n) is 9.52. The lowest BCUT2D eigenvalue weighted by molar-refractivity contribution is -0.113. The zero-order valence-corrected chi connectivity index (χ0v) is 17.7. The minimum Gasteiger partial charge on any atom is -0.376 e. The molecule has 8 nitrogen and oxygen atoms in total. The van der Waals surface area contributed by atoms with Crippen LogP contribution in [-0.2, 0) is 16.1 Å². The number of anilines is 1. The number of aromatic nitrogens is 3. The number of carbonyl (C=O) groups is 2. The number of ether oxygens (including phenoxy) is 1. The van der Waals surface area contributed by atoms with Gasteiger partial charge >= 0.3 is 0 Å². The largest absolute Gasteiger partial charge is 0.376 e. The second-order valence-corrected chi connectivity index (χ2v) is 8.67. The van der Waals surface area contributed by atoms with E-state index in [2.05, 4.69) is 15.5 Å². The first-order valence-corrected chi connectivity index (χ1v) is 11.4. The van der Waals surface area contributed by atoms with Crippen LogP contribution < -0.4 is 11.1 Å². The number of benzene rings is 1. The van der Waals surface area contributed by atoms with Crippen molar-refractivity contribution in [3.8, 4) is 10.7 Å². The lowest BCUT2D eigenvalue weighted by atomic mass is 10.1. The molecule has 1 unspecified atom stereocenters. The molecule has 2 amide bonds. The highest BCUT2D eigenvalue weighted by Gasteiger charge is 2.22. The SMILES string of the molecule is NC(=O)c1ccccc1NC(=O)CSc1nnc(-c2cccs2)n1CC1CCCO1. The van der Waals surface area contributed by atoms with Gasteiger partial charge in [-0.3, -0.25) is 14.2 Å². The summed E-state index contributed by atoms with van der Waals surface area (Å²) in [6.07, 6.45) is 2.16. The number of nitrogens with zero attached hydrogens (tertiary/aromatic N) is 3. The molecule has 3 N–H and O–H groups in total. The molecule has 0 bridgehead atoms. The summed E-state index contributed by atoms with van der Waals surface area (Å²) in [5, 5.41) is 14.1. The molecule has 1 aromatic carbocycles. The van der Waals surface area contributed by atoms with Gasteiger partial charge in [-0.05, 0) is 36.4 Å². The highest BCUT2D eigenvalue weighted by molar-refractivity contribution is 7.99. The van der Waals surface area contributed by atoms with Crippen LogP contribution in [0.2, 0.25) is 0 Å². The van der Waals surface area contributed by atoms with Gasteiger partial charge in [0.05, 0.1) is 34.5 Å². The number of rotatable bonds is 8. The Morgan fingerprint density at radius 1 is 1.27 bits per heavy atom. The molecule has 0 aliphatic carbocycles. The van der Waals surface area contributed by atoms with Gasteiger partial charge in [-0.1, -0.05) is 30.0 Å². The molecule has 1 aliphatic rings. The van der Waals surface area contributed by atoms with Crippen molar-refractivity contribution in [3.63, 3.8) is 0 Å². The lowest BCUT2D eigenvalue weighted by Gasteiger charge is -2.14. The number of hydrogen-bond donors (Lipinski definition) is 2. The Bertz CT molecular complexity index is 1030. The molecule has 1 saturated heterocycles. The quantitative estimate of drug-likeness (QED) is 0.518. The predicted octanol–water partition coefficient (Wildman–Crippen LogP) is 3.02. The highest BCUT2D eigenvalue weighted by Crippen LogP contribution is 2.29.